The molecule has 0 aliphatic heterocycles. The smallest absolute Gasteiger partial charge is 0.325 e. The van der Waals surface area contributed by atoms with E-state index in [1.54, 1.807) is 18.0 Å². The van der Waals surface area contributed by atoms with Crippen LogP contribution in [0.25, 0.3) is 0 Å². The summed E-state index contributed by atoms with van der Waals surface area (Å²) in [6, 6.07) is 3.25. The van der Waals surface area contributed by atoms with Crippen molar-refractivity contribution >= 4 is 5.97 Å². The fourth-order valence-corrected chi connectivity index (χ4v) is 1.92. The average molecular weight is 285 g/mol. The predicted molar refractivity (Wildman–Crippen MR) is 72.5 cm³/mol. The summed E-state index contributed by atoms with van der Waals surface area (Å²) >= 11 is 0. The molecule has 0 fully saturated rings. The number of likely N-dealkylation sites (N-methyl/N-ethyl adjacent to an activating group) is 1. The van der Waals surface area contributed by atoms with E-state index >= 15 is 0 Å². The summed E-state index contributed by atoms with van der Waals surface area (Å²) in [4.78, 5) is 13.0. The molecule has 0 heterocycles. The molecule has 1 atom stereocenters. The molecule has 0 saturated carbocycles. The highest BCUT2D eigenvalue weighted by molar-refractivity contribution is 5.75. The number of benzene rings is 1. The summed E-state index contributed by atoms with van der Waals surface area (Å²) < 4.78 is 23.7. The highest BCUT2D eigenvalue weighted by atomic mass is 19.1. The van der Waals surface area contributed by atoms with E-state index in [9.17, 15) is 14.3 Å². The molecule has 1 aromatic rings. The number of nitrogens with zero attached hydrogens (tertiary/aromatic N) is 1. The average Bonchev–Trinajstić information content (AvgIpc) is 2.39. The number of aliphatic carboxylic acids is 1. The van der Waals surface area contributed by atoms with E-state index < -0.39 is 17.8 Å². The van der Waals surface area contributed by atoms with Crippen molar-refractivity contribution < 1.29 is 23.8 Å². The molecule has 0 spiro atoms. The van der Waals surface area contributed by atoms with Gasteiger partial charge in [-0.2, -0.15) is 0 Å². The fourth-order valence-electron chi connectivity index (χ4n) is 1.92. The van der Waals surface area contributed by atoms with Crippen molar-refractivity contribution in [1.82, 2.24) is 4.90 Å². The van der Waals surface area contributed by atoms with Gasteiger partial charge in [0.15, 0.2) is 11.6 Å². The largest absolute Gasteiger partial charge is 0.494 e. The molecule has 0 saturated heterocycles. The molecule has 0 radical (unpaired) electrons. The first-order valence-electron chi connectivity index (χ1n) is 6.35. The molecule has 1 N–H and O–H groups in total. The monoisotopic (exact) mass is 285 g/mol. The molecular formula is C14H20FNO4. The summed E-state index contributed by atoms with van der Waals surface area (Å²) in [6.07, 6.45) is 0. The van der Waals surface area contributed by atoms with E-state index in [2.05, 4.69) is 0 Å². The molecule has 1 rings (SSSR count). The maximum absolute atomic E-state index is 13.7. The number of rotatable bonds is 8. The summed E-state index contributed by atoms with van der Waals surface area (Å²) in [6.45, 7) is 3.31. The van der Waals surface area contributed by atoms with Crippen LogP contribution in [0.1, 0.15) is 18.5 Å². The van der Waals surface area contributed by atoms with Gasteiger partial charge in [0.05, 0.1) is 13.7 Å². The molecule has 0 bridgehead atoms. The quantitative estimate of drug-likeness (QED) is 0.740. The molecule has 0 amide bonds. The van der Waals surface area contributed by atoms with Crippen LogP contribution >= 0.6 is 0 Å². The van der Waals surface area contributed by atoms with Crippen molar-refractivity contribution in [3.05, 3.63) is 29.6 Å². The number of carbonyl (C=O) groups is 1. The Hall–Kier alpha value is -1.66. The standard InChI is InChI=1S/C14H20FNO4/c1-4-20-8-7-16(2)13(14(17)18)10-5-6-12(19-3)11(15)9-10/h5-6,9,13H,4,7-8H2,1-3H3,(H,17,18). The van der Waals surface area contributed by atoms with Crippen LogP contribution in [-0.2, 0) is 9.53 Å². The van der Waals surface area contributed by atoms with Crippen LogP contribution in [0, 0.1) is 5.82 Å². The number of carboxylic acids is 1. The van der Waals surface area contributed by atoms with Crippen molar-refractivity contribution in [3.8, 4) is 5.75 Å². The number of ether oxygens (including phenoxy) is 2. The number of halogens is 1. The second kappa shape index (κ2) is 7.81. The molecule has 5 nitrogen and oxygen atoms in total. The minimum absolute atomic E-state index is 0.0925. The van der Waals surface area contributed by atoms with Gasteiger partial charge in [0.25, 0.3) is 0 Å². The van der Waals surface area contributed by atoms with Crippen LogP contribution in [0.15, 0.2) is 18.2 Å². The van der Waals surface area contributed by atoms with Crippen molar-refractivity contribution in [2.75, 3.05) is 33.9 Å². The maximum atomic E-state index is 13.7. The molecule has 6 heteroatoms. The highest BCUT2D eigenvalue weighted by Crippen LogP contribution is 2.25. The Balaban J connectivity index is 2.90. The SMILES string of the molecule is CCOCCN(C)C(C(=O)O)c1ccc(OC)c(F)c1. The van der Waals surface area contributed by atoms with Gasteiger partial charge in [-0.1, -0.05) is 6.07 Å². The van der Waals surface area contributed by atoms with E-state index in [0.717, 1.165) is 0 Å². The van der Waals surface area contributed by atoms with Gasteiger partial charge in [-0.05, 0) is 31.7 Å². The summed E-state index contributed by atoms with van der Waals surface area (Å²) in [5.74, 6) is -1.52. The van der Waals surface area contributed by atoms with Crippen molar-refractivity contribution in [2.24, 2.45) is 0 Å². The van der Waals surface area contributed by atoms with Crippen LogP contribution in [-0.4, -0.2) is 49.9 Å². The lowest BCUT2D eigenvalue weighted by Gasteiger charge is -2.25. The van der Waals surface area contributed by atoms with Gasteiger partial charge in [-0.15, -0.1) is 0 Å². The third-order valence-electron chi connectivity index (χ3n) is 2.96. The lowest BCUT2D eigenvalue weighted by molar-refractivity contribution is -0.143. The normalized spacial score (nSPS) is 12.4. The van der Waals surface area contributed by atoms with E-state index in [-0.39, 0.29) is 5.75 Å². The van der Waals surface area contributed by atoms with Crippen LogP contribution in [0.5, 0.6) is 5.75 Å². The second-order valence-electron chi connectivity index (χ2n) is 4.31. The Morgan fingerprint density at radius 1 is 1.50 bits per heavy atom. The molecule has 0 aliphatic carbocycles. The van der Waals surface area contributed by atoms with Crippen molar-refractivity contribution in [1.29, 1.82) is 0 Å². The molecule has 20 heavy (non-hydrogen) atoms. The highest BCUT2D eigenvalue weighted by Gasteiger charge is 2.25. The minimum Gasteiger partial charge on any atom is -0.494 e. The second-order valence-corrected chi connectivity index (χ2v) is 4.31. The van der Waals surface area contributed by atoms with Crippen molar-refractivity contribution in [2.45, 2.75) is 13.0 Å². The molecule has 1 unspecified atom stereocenters. The van der Waals surface area contributed by atoms with Gasteiger partial charge in [0.2, 0.25) is 0 Å². The van der Waals surface area contributed by atoms with E-state index in [4.69, 9.17) is 9.47 Å². The topological polar surface area (TPSA) is 59.0 Å². The zero-order valence-corrected chi connectivity index (χ0v) is 11.9. The predicted octanol–water partition coefficient (Wildman–Crippen LogP) is 1.93. The fraction of sp³-hybridized carbons (Fsp3) is 0.500. The first-order valence-corrected chi connectivity index (χ1v) is 6.35. The molecular weight excluding hydrogens is 265 g/mol. The summed E-state index contributed by atoms with van der Waals surface area (Å²) in [7, 11) is 3.03. The Kier molecular flexibility index (Phi) is 6.41. The lowest BCUT2D eigenvalue weighted by atomic mass is 10.1. The number of methoxy groups -OCH3 is 1. The third-order valence-corrected chi connectivity index (χ3v) is 2.96. The van der Waals surface area contributed by atoms with Gasteiger partial charge in [0, 0.05) is 13.2 Å². The van der Waals surface area contributed by atoms with Gasteiger partial charge in [-0.25, -0.2) is 4.39 Å². The number of carboxylic acid groups (broad SMARTS) is 1. The van der Waals surface area contributed by atoms with Gasteiger partial charge in [0.1, 0.15) is 6.04 Å². The van der Waals surface area contributed by atoms with Gasteiger partial charge < -0.3 is 14.6 Å². The van der Waals surface area contributed by atoms with Crippen LogP contribution in [0.3, 0.4) is 0 Å². The van der Waals surface area contributed by atoms with Gasteiger partial charge >= 0.3 is 5.97 Å². The summed E-state index contributed by atoms with van der Waals surface area (Å²) in [5, 5.41) is 9.33. The zero-order valence-electron chi connectivity index (χ0n) is 11.9. The molecule has 112 valence electrons. The maximum Gasteiger partial charge on any atom is 0.325 e. The Morgan fingerprint density at radius 3 is 2.70 bits per heavy atom. The first-order chi connectivity index (χ1) is 9.51. The summed E-state index contributed by atoms with van der Waals surface area (Å²) in [5.41, 5.74) is 0.370. The Bertz CT molecular complexity index is 453. The lowest BCUT2D eigenvalue weighted by Crippen LogP contribution is -2.33. The third kappa shape index (κ3) is 4.18. The van der Waals surface area contributed by atoms with Crippen LogP contribution in [0.4, 0.5) is 4.39 Å². The Labute approximate surface area is 117 Å². The van der Waals surface area contributed by atoms with Gasteiger partial charge in [-0.3, -0.25) is 9.69 Å². The zero-order chi connectivity index (χ0) is 15.1. The van der Waals surface area contributed by atoms with Crippen molar-refractivity contribution in [3.63, 3.8) is 0 Å². The molecule has 0 aromatic heterocycles. The number of hydrogen-bond acceptors (Lipinski definition) is 4. The minimum atomic E-state index is -1.03. The van der Waals surface area contributed by atoms with Crippen LogP contribution in [0.2, 0.25) is 0 Å². The Morgan fingerprint density at radius 2 is 2.20 bits per heavy atom. The number of hydrogen-bond donors (Lipinski definition) is 1. The first kappa shape index (κ1) is 16.4. The van der Waals surface area contributed by atoms with E-state index in [1.807, 2.05) is 6.92 Å². The molecule has 0 aliphatic rings. The van der Waals surface area contributed by atoms with Crippen LogP contribution < -0.4 is 4.74 Å². The van der Waals surface area contributed by atoms with E-state index in [0.29, 0.717) is 25.3 Å². The molecule has 1 aromatic carbocycles. The van der Waals surface area contributed by atoms with E-state index in [1.165, 1.54) is 19.2 Å².